The summed E-state index contributed by atoms with van der Waals surface area (Å²) in [6.45, 7) is 9.59. The van der Waals surface area contributed by atoms with Crippen molar-refractivity contribution in [1.29, 1.82) is 0 Å². The van der Waals surface area contributed by atoms with E-state index in [1.165, 1.54) is 5.69 Å². The van der Waals surface area contributed by atoms with Crippen molar-refractivity contribution in [3.05, 3.63) is 24.0 Å². The van der Waals surface area contributed by atoms with Crippen molar-refractivity contribution >= 4 is 17.4 Å². The van der Waals surface area contributed by atoms with E-state index in [2.05, 4.69) is 68.3 Å². The van der Waals surface area contributed by atoms with E-state index in [0.29, 0.717) is 6.04 Å². The Morgan fingerprint density at radius 2 is 2.10 bits per heavy atom. The van der Waals surface area contributed by atoms with Crippen LogP contribution >= 0.6 is 11.8 Å². The molecule has 0 fully saturated rings. The van der Waals surface area contributed by atoms with Gasteiger partial charge in [0.1, 0.15) is 0 Å². The third kappa shape index (κ3) is 5.71. The molecule has 0 aliphatic heterocycles. The van der Waals surface area contributed by atoms with Gasteiger partial charge in [0.25, 0.3) is 0 Å². The fraction of sp³-hybridized carbons (Fsp3) is 0.688. The second kappa shape index (κ2) is 7.89. The number of hydrogen-bond acceptors (Lipinski definition) is 4. The van der Waals surface area contributed by atoms with Crippen molar-refractivity contribution in [2.24, 2.45) is 0 Å². The average molecular weight is 295 g/mol. The van der Waals surface area contributed by atoms with Crippen molar-refractivity contribution in [2.45, 2.75) is 52.2 Å². The first-order chi connectivity index (χ1) is 9.37. The quantitative estimate of drug-likeness (QED) is 0.832. The Bertz CT molecular complexity index is 401. The van der Waals surface area contributed by atoms with Gasteiger partial charge in [0.15, 0.2) is 0 Å². The minimum atomic E-state index is 0.119. The van der Waals surface area contributed by atoms with E-state index in [1.807, 2.05) is 18.0 Å². The van der Waals surface area contributed by atoms with Gasteiger partial charge in [-0.15, -0.1) is 0 Å². The van der Waals surface area contributed by atoms with E-state index < -0.39 is 0 Å². The minimum Gasteiger partial charge on any atom is -0.371 e. The molecule has 0 bridgehead atoms. The van der Waals surface area contributed by atoms with Gasteiger partial charge >= 0.3 is 0 Å². The third-order valence-electron chi connectivity index (χ3n) is 3.39. The Kier molecular flexibility index (Phi) is 6.83. The predicted octanol–water partition coefficient (Wildman–Crippen LogP) is 3.55. The molecule has 1 atom stereocenters. The van der Waals surface area contributed by atoms with Crippen LogP contribution in [-0.2, 0) is 6.54 Å². The number of nitrogens with zero attached hydrogens (tertiary/aromatic N) is 2. The summed E-state index contributed by atoms with van der Waals surface area (Å²) in [4.78, 5) is 6.84. The van der Waals surface area contributed by atoms with Crippen LogP contribution in [0.4, 0.5) is 5.69 Å². The molecule has 1 unspecified atom stereocenters. The molecule has 114 valence electrons. The largest absolute Gasteiger partial charge is 0.371 e. The summed E-state index contributed by atoms with van der Waals surface area (Å²) in [5, 5.41) is 3.49. The molecule has 20 heavy (non-hydrogen) atoms. The molecule has 3 nitrogen and oxygen atoms in total. The highest BCUT2D eigenvalue weighted by molar-refractivity contribution is 7.98. The molecule has 1 rings (SSSR count). The van der Waals surface area contributed by atoms with Crippen LogP contribution in [0.3, 0.4) is 0 Å². The van der Waals surface area contributed by atoms with E-state index >= 15 is 0 Å². The number of rotatable bonds is 7. The van der Waals surface area contributed by atoms with Gasteiger partial charge in [0.2, 0.25) is 0 Å². The maximum absolute atomic E-state index is 4.46. The summed E-state index contributed by atoms with van der Waals surface area (Å²) in [6, 6.07) is 4.88. The van der Waals surface area contributed by atoms with Crippen molar-refractivity contribution in [1.82, 2.24) is 10.3 Å². The lowest BCUT2D eigenvalue weighted by molar-refractivity contribution is 0.421. The molecule has 0 aliphatic carbocycles. The summed E-state index contributed by atoms with van der Waals surface area (Å²) in [6.07, 6.45) is 5.24. The maximum Gasteiger partial charge on any atom is 0.0562 e. The number of pyridine rings is 1. The number of nitrogens with one attached hydrogen (secondary N) is 1. The monoisotopic (exact) mass is 295 g/mol. The number of thioether (sulfide) groups is 1. The summed E-state index contributed by atoms with van der Waals surface area (Å²) in [5.74, 6) is 1.16. The topological polar surface area (TPSA) is 28.2 Å². The van der Waals surface area contributed by atoms with Gasteiger partial charge in [-0.25, -0.2) is 0 Å². The first-order valence-electron chi connectivity index (χ1n) is 7.29. The summed E-state index contributed by atoms with van der Waals surface area (Å²) >= 11 is 1.91. The van der Waals surface area contributed by atoms with Crippen LogP contribution in [-0.4, -0.2) is 35.6 Å². The first kappa shape index (κ1) is 17.3. The van der Waals surface area contributed by atoms with Gasteiger partial charge in [-0.05, 0) is 45.6 Å². The van der Waals surface area contributed by atoms with Gasteiger partial charge in [-0.1, -0.05) is 6.92 Å². The Balaban J connectivity index is 2.76. The van der Waals surface area contributed by atoms with Crippen LogP contribution < -0.4 is 10.2 Å². The second-order valence-corrected chi connectivity index (χ2v) is 7.15. The Morgan fingerprint density at radius 3 is 2.65 bits per heavy atom. The van der Waals surface area contributed by atoms with Crippen molar-refractivity contribution < 1.29 is 0 Å². The van der Waals surface area contributed by atoms with Gasteiger partial charge in [-0.2, -0.15) is 11.8 Å². The second-order valence-electron chi connectivity index (χ2n) is 6.24. The summed E-state index contributed by atoms with van der Waals surface area (Å²) in [7, 11) is 2.18. The van der Waals surface area contributed by atoms with Crippen LogP contribution in [0.1, 0.15) is 39.8 Å². The minimum absolute atomic E-state index is 0.119. The van der Waals surface area contributed by atoms with Gasteiger partial charge in [0.05, 0.1) is 5.69 Å². The number of hydrogen-bond donors (Lipinski definition) is 1. The van der Waals surface area contributed by atoms with E-state index in [4.69, 9.17) is 0 Å². The molecular formula is C16H29N3S. The number of anilines is 1. The molecule has 1 aromatic rings. The van der Waals surface area contributed by atoms with E-state index in [9.17, 15) is 0 Å². The summed E-state index contributed by atoms with van der Waals surface area (Å²) in [5.41, 5.74) is 2.48. The zero-order valence-corrected chi connectivity index (χ0v) is 14.5. The smallest absolute Gasteiger partial charge is 0.0562 e. The lowest BCUT2D eigenvalue weighted by atomic mass is 10.1. The normalized spacial score (nSPS) is 13.3. The Hall–Kier alpha value is -0.740. The molecule has 0 saturated heterocycles. The SMILES string of the molecule is CCC(CSC)N(C)c1ccnc(CNC(C)(C)C)c1. The fourth-order valence-corrected chi connectivity index (χ4v) is 2.89. The van der Waals surface area contributed by atoms with Gasteiger partial charge in [0, 0.05) is 42.8 Å². The molecular weight excluding hydrogens is 266 g/mol. The van der Waals surface area contributed by atoms with Crippen molar-refractivity contribution in [2.75, 3.05) is 24.0 Å². The molecule has 0 aromatic carbocycles. The third-order valence-corrected chi connectivity index (χ3v) is 4.10. The highest BCUT2D eigenvalue weighted by atomic mass is 32.2. The fourth-order valence-electron chi connectivity index (χ4n) is 2.04. The zero-order chi connectivity index (χ0) is 15.2. The van der Waals surface area contributed by atoms with Crippen LogP contribution in [0.2, 0.25) is 0 Å². The Labute approximate surface area is 128 Å². The van der Waals surface area contributed by atoms with Gasteiger partial charge < -0.3 is 10.2 Å². The molecule has 1 aromatic heterocycles. The molecule has 0 spiro atoms. The van der Waals surface area contributed by atoms with Crippen molar-refractivity contribution in [3.8, 4) is 0 Å². The van der Waals surface area contributed by atoms with Crippen LogP contribution in [0, 0.1) is 0 Å². The average Bonchev–Trinajstić information content (AvgIpc) is 2.41. The lowest BCUT2D eigenvalue weighted by Gasteiger charge is -2.29. The van der Waals surface area contributed by atoms with Crippen LogP contribution in [0.5, 0.6) is 0 Å². The molecule has 0 radical (unpaired) electrons. The molecule has 1 heterocycles. The lowest BCUT2D eigenvalue weighted by Crippen LogP contribution is -2.35. The van der Waals surface area contributed by atoms with Crippen LogP contribution in [0.25, 0.3) is 0 Å². The molecule has 1 N–H and O–H groups in total. The van der Waals surface area contributed by atoms with Crippen molar-refractivity contribution in [3.63, 3.8) is 0 Å². The first-order valence-corrected chi connectivity index (χ1v) is 8.68. The highest BCUT2D eigenvalue weighted by Gasteiger charge is 2.14. The Morgan fingerprint density at radius 1 is 1.40 bits per heavy atom. The molecule has 0 saturated carbocycles. The van der Waals surface area contributed by atoms with Gasteiger partial charge in [-0.3, -0.25) is 4.98 Å². The highest BCUT2D eigenvalue weighted by Crippen LogP contribution is 2.19. The molecule has 4 heteroatoms. The zero-order valence-electron chi connectivity index (χ0n) is 13.7. The molecule has 0 amide bonds. The predicted molar refractivity (Wildman–Crippen MR) is 91.7 cm³/mol. The number of aromatic nitrogens is 1. The standard InChI is InChI=1S/C16H29N3S/c1-7-14(12-20-6)19(5)15-8-9-17-13(10-15)11-18-16(2,3)4/h8-10,14,18H,7,11-12H2,1-6H3. The summed E-state index contributed by atoms with van der Waals surface area (Å²) < 4.78 is 0. The van der Waals surface area contributed by atoms with E-state index in [-0.39, 0.29) is 5.54 Å². The maximum atomic E-state index is 4.46. The van der Waals surface area contributed by atoms with E-state index in [0.717, 1.165) is 24.4 Å². The molecule has 0 aliphatic rings. The van der Waals surface area contributed by atoms with Crippen LogP contribution in [0.15, 0.2) is 18.3 Å². The van der Waals surface area contributed by atoms with E-state index in [1.54, 1.807) is 0 Å².